The summed E-state index contributed by atoms with van der Waals surface area (Å²) in [5.41, 5.74) is 2.92. The van der Waals surface area contributed by atoms with Gasteiger partial charge in [-0.1, -0.05) is 73.3 Å². The van der Waals surface area contributed by atoms with E-state index in [4.69, 9.17) is 9.47 Å². The molecule has 1 aliphatic carbocycles. The SMILES string of the molecule is C=CC[N+]1(CCc2ccc3c(c2)OCO3)CC2C(CC(C#N)(c3ccccc3)c3ccccc3)C2C1.[Br-]. The van der Waals surface area contributed by atoms with E-state index in [-0.39, 0.29) is 17.0 Å². The molecule has 0 amide bonds. The van der Waals surface area contributed by atoms with Gasteiger partial charge in [-0.25, -0.2) is 0 Å². The van der Waals surface area contributed by atoms with Crippen LogP contribution in [-0.4, -0.2) is 37.5 Å². The van der Waals surface area contributed by atoms with Gasteiger partial charge in [-0.05, 0) is 47.2 Å². The molecule has 0 spiro atoms. The fourth-order valence-electron chi connectivity index (χ4n) is 6.87. The summed E-state index contributed by atoms with van der Waals surface area (Å²) in [6, 6.07) is 29.9. The molecule has 37 heavy (non-hydrogen) atoms. The third kappa shape index (κ3) is 4.69. The van der Waals surface area contributed by atoms with Crippen molar-refractivity contribution in [3.8, 4) is 17.6 Å². The fraction of sp³-hybridized carbons (Fsp3) is 0.344. The van der Waals surface area contributed by atoms with Crippen LogP contribution in [0.25, 0.3) is 0 Å². The molecule has 0 N–H and O–H groups in total. The van der Waals surface area contributed by atoms with Gasteiger partial charge in [-0.3, -0.25) is 0 Å². The maximum absolute atomic E-state index is 10.6. The zero-order valence-corrected chi connectivity index (χ0v) is 22.6. The lowest BCUT2D eigenvalue weighted by molar-refractivity contribution is -0.916. The molecule has 6 rings (SSSR count). The third-order valence-electron chi connectivity index (χ3n) is 8.80. The van der Waals surface area contributed by atoms with Crippen LogP contribution in [0.1, 0.15) is 23.1 Å². The van der Waals surface area contributed by atoms with Crippen molar-refractivity contribution in [3.05, 3.63) is 108 Å². The van der Waals surface area contributed by atoms with E-state index in [1.807, 2.05) is 18.2 Å². The second-order valence-electron chi connectivity index (χ2n) is 10.8. The fourth-order valence-corrected chi connectivity index (χ4v) is 6.87. The minimum atomic E-state index is -0.599. The highest BCUT2D eigenvalue weighted by molar-refractivity contribution is 5.47. The standard InChI is InChI=1S/C32H33N2O2.BrH/c1-2-16-34(17-15-24-13-14-30-31(18-24)36-23-35-30)20-28-27(29(28)21-34)19-32(22-33,25-9-5-3-6-10-25)26-11-7-4-8-12-26;/h2-14,18,27-29H,1,15-17,19-21,23H2;1H/q+1;/p-1. The van der Waals surface area contributed by atoms with E-state index in [2.05, 4.69) is 79.4 Å². The minimum absolute atomic E-state index is 0. The summed E-state index contributed by atoms with van der Waals surface area (Å²) >= 11 is 0. The van der Waals surface area contributed by atoms with E-state index in [1.165, 1.54) is 18.7 Å². The van der Waals surface area contributed by atoms with E-state index < -0.39 is 5.41 Å². The Morgan fingerprint density at radius 1 is 0.919 bits per heavy atom. The van der Waals surface area contributed by atoms with Gasteiger partial charge in [0.1, 0.15) is 5.41 Å². The first-order chi connectivity index (χ1) is 17.7. The van der Waals surface area contributed by atoms with Crippen molar-refractivity contribution in [1.82, 2.24) is 0 Å². The van der Waals surface area contributed by atoms with Crippen molar-refractivity contribution in [3.63, 3.8) is 0 Å². The predicted octanol–water partition coefficient (Wildman–Crippen LogP) is 2.74. The molecular formula is C32H33BrN2O2. The van der Waals surface area contributed by atoms with Crippen LogP contribution in [0.5, 0.6) is 11.5 Å². The number of hydrogen-bond donors (Lipinski definition) is 0. The molecule has 1 saturated heterocycles. The zero-order valence-electron chi connectivity index (χ0n) is 21.1. The summed E-state index contributed by atoms with van der Waals surface area (Å²) in [7, 11) is 0. The monoisotopic (exact) mass is 556 g/mol. The van der Waals surface area contributed by atoms with Crippen LogP contribution >= 0.6 is 0 Å². The highest BCUT2D eigenvalue weighted by Crippen LogP contribution is 2.59. The molecule has 3 aromatic rings. The van der Waals surface area contributed by atoms with E-state index in [0.717, 1.165) is 53.0 Å². The Labute approximate surface area is 230 Å². The molecule has 2 unspecified atom stereocenters. The van der Waals surface area contributed by atoms with Crippen LogP contribution in [0.15, 0.2) is 91.5 Å². The molecular weight excluding hydrogens is 524 g/mol. The van der Waals surface area contributed by atoms with Gasteiger partial charge < -0.3 is 30.9 Å². The molecule has 3 aromatic carbocycles. The van der Waals surface area contributed by atoms with Gasteiger partial charge in [0.25, 0.3) is 0 Å². The smallest absolute Gasteiger partial charge is 0.231 e. The molecule has 3 aliphatic rings. The van der Waals surface area contributed by atoms with Crippen molar-refractivity contribution >= 4 is 0 Å². The van der Waals surface area contributed by atoms with E-state index in [9.17, 15) is 5.26 Å². The van der Waals surface area contributed by atoms with Crippen LogP contribution in [0.3, 0.4) is 0 Å². The summed E-state index contributed by atoms with van der Waals surface area (Å²) in [5.74, 6) is 3.66. The zero-order chi connectivity index (χ0) is 24.6. The molecule has 0 radical (unpaired) electrons. The maximum Gasteiger partial charge on any atom is 0.231 e. The molecule has 1 saturated carbocycles. The van der Waals surface area contributed by atoms with Gasteiger partial charge >= 0.3 is 0 Å². The number of nitriles is 1. The lowest BCUT2D eigenvalue weighted by Crippen LogP contribution is -3.00. The molecule has 0 bridgehead atoms. The second-order valence-corrected chi connectivity index (χ2v) is 10.8. The average Bonchev–Trinajstić information content (AvgIpc) is 3.26. The summed E-state index contributed by atoms with van der Waals surface area (Å²) in [6.45, 7) is 8.87. The number of fused-ring (bicyclic) bond motifs is 2. The van der Waals surface area contributed by atoms with Crippen LogP contribution in [0.4, 0.5) is 0 Å². The Hall–Kier alpha value is -3.07. The van der Waals surface area contributed by atoms with Crippen LogP contribution in [0.2, 0.25) is 0 Å². The van der Waals surface area contributed by atoms with Crippen LogP contribution in [-0.2, 0) is 11.8 Å². The molecule has 0 aromatic heterocycles. The van der Waals surface area contributed by atoms with Crippen LogP contribution in [0, 0.1) is 29.1 Å². The Kier molecular flexibility index (Phi) is 7.16. The summed E-state index contributed by atoms with van der Waals surface area (Å²) in [4.78, 5) is 0. The number of ether oxygens (including phenoxy) is 2. The van der Waals surface area contributed by atoms with Crippen molar-refractivity contribution < 1.29 is 30.9 Å². The molecule has 2 fully saturated rings. The van der Waals surface area contributed by atoms with Gasteiger partial charge in [0.15, 0.2) is 11.5 Å². The number of quaternary nitrogens is 1. The average molecular weight is 558 g/mol. The van der Waals surface area contributed by atoms with Gasteiger partial charge in [0.2, 0.25) is 6.79 Å². The summed E-state index contributed by atoms with van der Waals surface area (Å²) in [6.07, 6.45) is 4.00. The van der Waals surface area contributed by atoms with Gasteiger partial charge in [0.05, 0.1) is 32.2 Å². The maximum atomic E-state index is 10.6. The Balaban J connectivity index is 0.00000280. The molecule has 2 aliphatic heterocycles. The third-order valence-corrected chi connectivity index (χ3v) is 8.80. The summed E-state index contributed by atoms with van der Waals surface area (Å²) < 4.78 is 12.2. The number of piperidine rings is 1. The Morgan fingerprint density at radius 3 is 2.14 bits per heavy atom. The Bertz CT molecular complexity index is 1240. The van der Waals surface area contributed by atoms with Crippen LogP contribution < -0.4 is 26.5 Å². The number of rotatable bonds is 9. The van der Waals surface area contributed by atoms with E-state index >= 15 is 0 Å². The molecule has 190 valence electrons. The summed E-state index contributed by atoms with van der Waals surface area (Å²) in [5, 5.41) is 10.6. The van der Waals surface area contributed by atoms with Gasteiger partial charge in [-0.15, -0.1) is 0 Å². The number of likely N-dealkylation sites (tertiary alicyclic amines) is 1. The normalized spacial score (nSPS) is 25.0. The number of benzene rings is 3. The second kappa shape index (κ2) is 10.4. The molecule has 5 heteroatoms. The first-order valence-corrected chi connectivity index (χ1v) is 13.0. The highest BCUT2D eigenvalue weighted by atomic mass is 79.9. The molecule has 4 nitrogen and oxygen atoms in total. The predicted molar refractivity (Wildman–Crippen MR) is 141 cm³/mol. The topological polar surface area (TPSA) is 42.2 Å². The van der Waals surface area contributed by atoms with Crippen molar-refractivity contribution in [1.29, 1.82) is 5.26 Å². The lowest BCUT2D eigenvalue weighted by atomic mass is 9.71. The molecule has 2 heterocycles. The van der Waals surface area contributed by atoms with Crippen molar-refractivity contribution in [2.24, 2.45) is 17.8 Å². The number of nitrogens with zero attached hydrogens (tertiary/aromatic N) is 2. The highest BCUT2D eigenvalue weighted by Gasteiger charge is 2.64. The van der Waals surface area contributed by atoms with Crippen molar-refractivity contribution in [2.45, 2.75) is 18.3 Å². The van der Waals surface area contributed by atoms with Gasteiger partial charge in [-0.2, -0.15) is 5.26 Å². The van der Waals surface area contributed by atoms with E-state index in [0.29, 0.717) is 24.5 Å². The van der Waals surface area contributed by atoms with Crippen molar-refractivity contribution in [2.75, 3.05) is 33.0 Å². The first-order valence-electron chi connectivity index (χ1n) is 13.0. The minimum Gasteiger partial charge on any atom is -1.00 e. The first kappa shape index (κ1) is 25.6. The number of halogens is 1. The van der Waals surface area contributed by atoms with E-state index in [1.54, 1.807) is 0 Å². The number of hydrogen-bond acceptors (Lipinski definition) is 3. The lowest BCUT2D eigenvalue weighted by Gasteiger charge is -2.37. The Morgan fingerprint density at radius 2 is 1.54 bits per heavy atom. The quantitative estimate of drug-likeness (QED) is 0.300. The van der Waals surface area contributed by atoms with Gasteiger partial charge in [0, 0.05) is 18.3 Å². The molecule has 2 atom stereocenters. The largest absolute Gasteiger partial charge is 1.00 e.